The molecule has 0 saturated heterocycles. The highest BCUT2D eigenvalue weighted by Gasteiger charge is 2.26. The molecule has 31 heavy (non-hydrogen) atoms. The van der Waals surface area contributed by atoms with Gasteiger partial charge in [0, 0.05) is 6.54 Å². The van der Waals surface area contributed by atoms with E-state index in [0.29, 0.717) is 12.2 Å². The molecule has 0 fully saturated rings. The van der Waals surface area contributed by atoms with Gasteiger partial charge in [0.2, 0.25) is 5.91 Å². The minimum Gasteiger partial charge on any atom is -0.350 e. The monoisotopic (exact) mass is 430 g/mol. The maximum absolute atomic E-state index is 13.3. The van der Waals surface area contributed by atoms with E-state index in [1.807, 2.05) is 42.5 Å². The van der Waals surface area contributed by atoms with E-state index >= 15 is 0 Å². The minimum atomic E-state index is -3.89. The number of hydrogen-bond acceptors (Lipinski definition) is 3. The number of amides is 1. The number of carbonyl (C=O) groups is 1. The van der Waals surface area contributed by atoms with Crippen molar-refractivity contribution >= 4 is 32.4 Å². The minimum absolute atomic E-state index is 0.140. The molecule has 0 saturated carbocycles. The first-order valence-corrected chi connectivity index (χ1v) is 11.4. The van der Waals surface area contributed by atoms with Crippen molar-refractivity contribution in [2.24, 2.45) is 0 Å². The number of hydrogen-bond donors (Lipinski definition) is 1. The van der Waals surface area contributed by atoms with E-state index in [2.05, 4.69) is 5.32 Å². The first-order valence-electron chi connectivity index (χ1n) is 9.92. The lowest BCUT2D eigenvalue weighted by atomic mass is 10.0. The molecule has 4 rings (SSSR count). The summed E-state index contributed by atoms with van der Waals surface area (Å²) in [5.74, 6) is -0.378. The Labute approximate surface area is 182 Å². The number of rotatable bonds is 7. The fraction of sp³-hybridized carbons (Fsp3) is 0.0800. The van der Waals surface area contributed by atoms with Gasteiger partial charge in [0.25, 0.3) is 10.0 Å². The van der Waals surface area contributed by atoms with Crippen LogP contribution in [0.15, 0.2) is 108 Å². The van der Waals surface area contributed by atoms with Crippen molar-refractivity contribution in [2.75, 3.05) is 10.8 Å². The van der Waals surface area contributed by atoms with Gasteiger partial charge in [-0.3, -0.25) is 9.10 Å². The average molecular weight is 431 g/mol. The molecular weight excluding hydrogens is 408 g/mol. The van der Waals surface area contributed by atoms with Crippen LogP contribution in [0.1, 0.15) is 5.56 Å². The Morgan fingerprint density at radius 1 is 0.742 bits per heavy atom. The van der Waals surface area contributed by atoms with Gasteiger partial charge >= 0.3 is 0 Å². The predicted octanol–water partition coefficient (Wildman–Crippen LogP) is 4.35. The highest BCUT2D eigenvalue weighted by molar-refractivity contribution is 7.92. The molecule has 0 spiro atoms. The van der Waals surface area contributed by atoms with Crippen molar-refractivity contribution in [1.82, 2.24) is 5.32 Å². The highest BCUT2D eigenvalue weighted by atomic mass is 32.2. The van der Waals surface area contributed by atoms with Gasteiger partial charge in [-0.25, -0.2) is 8.42 Å². The van der Waals surface area contributed by atoms with Gasteiger partial charge in [-0.05, 0) is 40.6 Å². The molecule has 0 aliphatic carbocycles. The lowest BCUT2D eigenvalue weighted by Gasteiger charge is -2.24. The normalized spacial score (nSPS) is 11.2. The summed E-state index contributed by atoms with van der Waals surface area (Å²) in [6.07, 6.45) is 0. The van der Waals surface area contributed by atoms with Crippen LogP contribution in [0.4, 0.5) is 5.69 Å². The molecule has 0 aliphatic heterocycles. The second-order valence-corrected chi connectivity index (χ2v) is 8.94. The smallest absolute Gasteiger partial charge is 0.264 e. The molecule has 4 aromatic rings. The number of nitrogens with one attached hydrogen (secondary N) is 1. The Morgan fingerprint density at radius 3 is 2.10 bits per heavy atom. The summed E-state index contributed by atoms with van der Waals surface area (Å²) in [7, 11) is -3.89. The molecule has 0 radical (unpaired) electrons. The van der Waals surface area contributed by atoms with Gasteiger partial charge in [-0.1, -0.05) is 78.9 Å². The molecular formula is C25H22N2O3S. The molecule has 4 aromatic carbocycles. The topological polar surface area (TPSA) is 66.5 Å². The summed E-state index contributed by atoms with van der Waals surface area (Å²) in [5.41, 5.74) is 1.41. The SMILES string of the molecule is O=C(CN(c1ccccc1)S(=O)(=O)c1ccccc1)NCc1cccc2ccccc12. The van der Waals surface area contributed by atoms with Crippen molar-refractivity contribution in [3.8, 4) is 0 Å². The van der Waals surface area contributed by atoms with Crippen LogP contribution in [-0.4, -0.2) is 20.9 Å². The largest absolute Gasteiger partial charge is 0.350 e. The highest BCUT2D eigenvalue weighted by Crippen LogP contribution is 2.23. The van der Waals surface area contributed by atoms with Crippen molar-refractivity contribution in [1.29, 1.82) is 0 Å². The number of sulfonamides is 1. The molecule has 0 atom stereocenters. The Balaban J connectivity index is 1.56. The third-order valence-electron chi connectivity index (χ3n) is 5.02. The molecule has 0 aromatic heterocycles. The molecule has 1 N–H and O–H groups in total. The Kier molecular flexibility index (Phi) is 6.00. The van der Waals surface area contributed by atoms with Crippen LogP contribution in [0.2, 0.25) is 0 Å². The van der Waals surface area contributed by atoms with E-state index in [1.54, 1.807) is 48.5 Å². The average Bonchev–Trinajstić information content (AvgIpc) is 2.82. The zero-order valence-electron chi connectivity index (χ0n) is 16.8. The fourth-order valence-corrected chi connectivity index (χ4v) is 4.90. The van der Waals surface area contributed by atoms with Crippen molar-refractivity contribution in [3.05, 3.63) is 109 Å². The fourth-order valence-electron chi connectivity index (χ4n) is 3.46. The van der Waals surface area contributed by atoms with Crippen LogP contribution in [0.25, 0.3) is 10.8 Å². The van der Waals surface area contributed by atoms with Crippen molar-refractivity contribution in [2.45, 2.75) is 11.4 Å². The number of anilines is 1. The summed E-state index contributed by atoms with van der Waals surface area (Å²) in [6.45, 7) is 0.000206. The summed E-state index contributed by atoms with van der Waals surface area (Å²) < 4.78 is 27.7. The maximum Gasteiger partial charge on any atom is 0.264 e. The van der Waals surface area contributed by atoms with Gasteiger partial charge in [-0.15, -0.1) is 0 Å². The van der Waals surface area contributed by atoms with E-state index in [0.717, 1.165) is 20.6 Å². The molecule has 0 unspecified atom stereocenters. The standard InChI is InChI=1S/C25H22N2O3S/c28-25(26-18-21-12-9-11-20-10-7-8-17-24(20)21)19-27(22-13-3-1-4-14-22)31(29,30)23-15-5-2-6-16-23/h1-17H,18-19H2,(H,26,28). The van der Waals surface area contributed by atoms with Gasteiger partial charge in [0.05, 0.1) is 10.6 Å². The zero-order valence-corrected chi connectivity index (χ0v) is 17.6. The summed E-state index contributed by atoms with van der Waals surface area (Å²) in [4.78, 5) is 12.9. The van der Waals surface area contributed by atoms with Crippen LogP contribution < -0.4 is 9.62 Å². The van der Waals surface area contributed by atoms with E-state index in [-0.39, 0.29) is 17.3 Å². The molecule has 0 aliphatic rings. The number of fused-ring (bicyclic) bond motifs is 1. The second-order valence-electron chi connectivity index (χ2n) is 7.08. The van der Waals surface area contributed by atoms with E-state index in [4.69, 9.17) is 0 Å². The number of benzene rings is 4. The number of para-hydroxylation sites is 1. The Hall–Kier alpha value is -3.64. The maximum atomic E-state index is 13.3. The third-order valence-corrected chi connectivity index (χ3v) is 6.81. The Morgan fingerprint density at radius 2 is 1.35 bits per heavy atom. The van der Waals surface area contributed by atoms with Crippen LogP contribution in [0, 0.1) is 0 Å². The van der Waals surface area contributed by atoms with Crippen molar-refractivity contribution in [3.63, 3.8) is 0 Å². The van der Waals surface area contributed by atoms with Gasteiger partial charge < -0.3 is 5.32 Å². The van der Waals surface area contributed by atoms with Gasteiger partial charge in [0.1, 0.15) is 6.54 Å². The lowest BCUT2D eigenvalue weighted by molar-refractivity contribution is -0.119. The second kappa shape index (κ2) is 9.02. The number of nitrogens with zero attached hydrogens (tertiary/aromatic N) is 1. The predicted molar refractivity (Wildman–Crippen MR) is 123 cm³/mol. The molecule has 1 amide bonds. The lowest BCUT2D eigenvalue weighted by Crippen LogP contribution is -2.40. The van der Waals surface area contributed by atoms with Crippen LogP contribution in [0.3, 0.4) is 0 Å². The Bertz CT molecular complexity index is 1280. The van der Waals surface area contributed by atoms with E-state index in [1.165, 1.54) is 12.1 Å². The number of carbonyl (C=O) groups excluding carboxylic acids is 1. The summed E-state index contributed by atoms with van der Waals surface area (Å²) in [6, 6.07) is 30.7. The molecule has 6 heteroatoms. The third kappa shape index (κ3) is 4.59. The molecule has 0 heterocycles. The van der Waals surface area contributed by atoms with Crippen LogP contribution in [0.5, 0.6) is 0 Å². The van der Waals surface area contributed by atoms with E-state index in [9.17, 15) is 13.2 Å². The summed E-state index contributed by atoms with van der Waals surface area (Å²) >= 11 is 0. The van der Waals surface area contributed by atoms with Gasteiger partial charge in [0.15, 0.2) is 0 Å². The van der Waals surface area contributed by atoms with Crippen LogP contribution in [-0.2, 0) is 21.4 Å². The first kappa shape index (κ1) is 20.6. The molecule has 0 bridgehead atoms. The summed E-state index contributed by atoms with van der Waals surface area (Å²) in [5, 5.41) is 5.02. The first-order chi connectivity index (χ1) is 15.1. The van der Waals surface area contributed by atoms with Gasteiger partial charge in [-0.2, -0.15) is 0 Å². The van der Waals surface area contributed by atoms with E-state index < -0.39 is 10.0 Å². The molecule has 5 nitrogen and oxygen atoms in total. The van der Waals surface area contributed by atoms with Crippen LogP contribution >= 0.6 is 0 Å². The quantitative estimate of drug-likeness (QED) is 0.474. The van der Waals surface area contributed by atoms with Crippen molar-refractivity contribution < 1.29 is 13.2 Å². The molecule has 156 valence electrons. The zero-order chi connectivity index (χ0) is 21.7.